The van der Waals surface area contributed by atoms with E-state index in [1.165, 1.54) is 13.2 Å². The predicted molar refractivity (Wildman–Crippen MR) is 131 cm³/mol. The molecule has 2 aliphatic heterocycles. The maximum Gasteiger partial charge on any atom is 0.373 e. The second-order valence-corrected chi connectivity index (χ2v) is 8.08. The lowest BCUT2D eigenvalue weighted by Gasteiger charge is -2.28. The number of carbonyl (C=O) groups excluding carboxylic acids is 3. The van der Waals surface area contributed by atoms with Crippen molar-refractivity contribution in [3.8, 4) is 0 Å². The zero-order valence-electron chi connectivity index (χ0n) is 19.4. The highest BCUT2D eigenvalue weighted by atomic mass is 35.5. The van der Waals surface area contributed by atoms with Crippen molar-refractivity contribution in [2.75, 3.05) is 64.6 Å². The van der Waals surface area contributed by atoms with Gasteiger partial charge in [-0.15, -0.1) is 0 Å². The van der Waals surface area contributed by atoms with Gasteiger partial charge in [-0.05, 0) is 31.2 Å². The number of nitrogens with one attached hydrogen (secondary N) is 1. The van der Waals surface area contributed by atoms with Crippen LogP contribution in [-0.4, -0.2) is 81.8 Å². The van der Waals surface area contributed by atoms with Crippen LogP contribution in [-0.2, 0) is 23.8 Å². The van der Waals surface area contributed by atoms with Crippen molar-refractivity contribution < 1.29 is 28.6 Å². The van der Waals surface area contributed by atoms with E-state index >= 15 is 0 Å². The van der Waals surface area contributed by atoms with E-state index in [1.807, 2.05) is 11.8 Å². The van der Waals surface area contributed by atoms with Gasteiger partial charge in [0.05, 0.1) is 33.5 Å². The molecule has 2 fully saturated rings. The minimum Gasteiger partial charge on any atom is -0.464 e. The van der Waals surface area contributed by atoms with E-state index in [1.54, 1.807) is 18.2 Å². The summed E-state index contributed by atoms with van der Waals surface area (Å²) in [5.74, 6) is 0.197. The van der Waals surface area contributed by atoms with Crippen LogP contribution in [0, 0.1) is 6.92 Å². The Morgan fingerprint density at radius 1 is 0.971 bits per heavy atom. The van der Waals surface area contributed by atoms with Crippen LogP contribution in [0.4, 0.5) is 5.82 Å². The summed E-state index contributed by atoms with van der Waals surface area (Å²) in [5.41, 5.74) is 1.06. The number of nitrogens with zero attached hydrogens (tertiary/aromatic N) is 3. The molecule has 192 valence electrons. The lowest BCUT2D eigenvalue weighted by atomic mass is 10.3. The quantitative estimate of drug-likeness (QED) is 0.442. The molecule has 0 radical (unpaired) electrons. The van der Waals surface area contributed by atoms with Crippen molar-refractivity contribution >= 4 is 52.7 Å². The van der Waals surface area contributed by atoms with Crippen LogP contribution < -0.4 is 10.2 Å². The van der Waals surface area contributed by atoms with Gasteiger partial charge < -0.3 is 24.4 Å². The predicted octanol–water partition coefficient (Wildman–Crippen LogP) is 3.08. The average molecular weight is 550 g/mol. The fraction of sp³-hybridized carbons (Fsp3) is 0.455. The van der Waals surface area contributed by atoms with E-state index in [4.69, 9.17) is 53.9 Å². The van der Waals surface area contributed by atoms with Crippen molar-refractivity contribution in [2.24, 2.45) is 0 Å². The molecule has 4 heterocycles. The molecule has 2 aliphatic rings. The monoisotopic (exact) mass is 548 g/mol. The number of hydrogen-bond acceptors (Lipinski definition) is 10. The van der Waals surface area contributed by atoms with E-state index in [-0.39, 0.29) is 11.8 Å². The van der Waals surface area contributed by atoms with Crippen molar-refractivity contribution in [3.63, 3.8) is 0 Å². The number of anilines is 1. The number of methoxy groups -OCH3 is 1. The van der Waals surface area contributed by atoms with Gasteiger partial charge in [0.1, 0.15) is 11.0 Å². The zero-order valence-corrected chi connectivity index (χ0v) is 21.7. The molecular weight excluding hydrogens is 523 g/mol. The molecule has 0 unspecified atom stereocenters. The molecule has 2 saturated heterocycles. The normalized spacial score (nSPS) is 14.5. The van der Waals surface area contributed by atoms with Crippen LogP contribution >= 0.6 is 34.8 Å². The number of rotatable bonds is 2. The maximum atomic E-state index is 11.4. The van der Waals surface area contributed by atoms with E-state index in [9.17, 15) is 4.79 Å². The smallest absolute Gasteiger partial charge is 0.373 e. The summed E-state index contributed by atoms with van der Waals surface area (Å²) in [5, 5.41) is 4.71. The highest BCUT2D eigenvalue weighted by molar-refractivity contribution is 6.33. The van der Waals surface area contributed by atoms with Crippen LogP contribution in [0.2, 0.25) is 15.2 Å². The van der Waals surface area contributed by atoms with Crippen molar-refractivity contribution in [3.05, 3.63) is 50.9 Å². The number of aryl methyl sites for hydroxylation is 1. The van der Waals surface area contributed by atoms with Gasteiger partial charge in [0, 0.05) is 41.9 Å². The Hall–Kier alpha value is -2.30. The van der Waals surface area contributed by atoms with Crippen molar-refractivity contribution in [2.45, 2.75) is 6.92 Å². The number of esters is 1. The number of hydrogen-bond donors (Lipinski definition) is 1. The first-order chi connectivity index (χ1) is 16.8. The first kappa shape index (κ1) is 30.7. The zero-order chi connectivity index (χ0) is 26.1. The highest BCUT2D eigenvalue weighted by Gasteiger charge is 2.16. The third-order valence-electron chi connectivity index (χ3n) is 4.24. The van der Waals surface area contributed by atoms with Gasteiger partial charge in [0.25, 0.3) is 0 Å². The molecule has 0 aliphatic carbocycles. The van der Waals surface area contributed by atoms with Crippen LogP contribution in [0.1, 0.15) is 16.2 Å². The Balaban J connectivity index is 0.000000283. The Labute approximate surface area is 218 Å². The van der Waals surface area contributed by atoms with Gasteiger partial charge >= 0.3 is 12.1 Å². The maximum absolute atomic E-state index is 11.4. The average Bonchev–Trinajstić information content (AvgIpc) is 2.85. The summed E-state index contributed by atoms with van der Waals surface area (Å²) in [6, 6.07) is 6.60. The SMILES string of the molecule is C1COCCN1.COC(=O)c1cc(Cl)cc(N2CCOCC2)n1.Cc1cc(Cl)cc(Cl)n1.O=C=O. The fourth-order valence-corrected chi connectivity index (χ4v) is 3.52. The Kier molecular flexibility index (Phi) is 15.8. The summed E-state index contributed by atoms with van der Waals surface area (Å²) in [6.45, 7) is 8.48. The van der Waals surface area contributed by atoms with Gasteiger partial charge in [0.15, 0.2) is 5.69 Å². The molecule has 0 aromatic carbocycles. The largest absolute Gasteiger partial charge is 0.464 e. The topological polar surface area (TPSA) is 120 Å². The van der Waals surface area contributed by atoms with Gasteiger partial charge in [-0.3, -0.25) is 0 Å². The van der Waals surface area contributed by atoms with Gasteiger partial charge in [0.2, 0.25) is 0 Å². The molecule has 0 saturated carbocycles. The first-order valence-electron chi connectivity index (χ1n) is 10.5. The van der Waals surface area contributed by atoms with Crippen molar-refractivity contribution in [1.82, 2.24) is 15.3 Å². The molecule has 0 spiro atoms. The molecule has 1 N–H and O–H groups in total. The number of morpholine rings is 2. The summed E-state index contributed by atoms with van der Waals surface area (Å²) < 4.78 is 14.9. The third kappa shape index (κ3) is 13.4. The Morgan fingerprint density at radius 2 is 1.54 bits per heavy atom. The van der Waals surface area contributed by atoms with E-state index in [0.717, 1.165) is 45.1 Å². The first-order valence-corrected chi connectivity index (χ1v) is 11.6. The Morgan fingerprint density at radius 3 is 2.00 bits per heavy atom. The van der Waals surface area contributed by atoms with Crippen LogP contribution in [0.25, 0.3) is 0 Å². The fourth-order valence-electron chi connectivity index (χ4n) is 2.75. The molecule has 4 rings (SSSR count). The molecule has 10 nitrogen and oxygen atoms in total. The summed E-state index contributed by atoms with van der Waals surface area (Å²) >= 11 is 17.1. The lowest BCUT2D eigenvalue weighted by molar-refractivity contribution is -0.191. The van der Waals surface area contributed by atoms with Crippen LogP contribution in [0.3, 0.4) is 0 Å². The molecule has 2 aromatic heterocycles. The molecular formula is C22H27Cl3N4O6. The molecule has 0 atom stereocenters. The molecule has 35 heavy (non-hydrogen) atoms. The lowest BCUT2D eigenvalue weighted by Crippen LogP contribution is -2.37. The standard InChI is InChI=1S/C11H13ClN2O3.C6H5Cl2N.C4H9NO.CO2/c1-16-11(15)9-6-8(12)7-10(13-9)14-2-4-17-5-3-14;1-4-2-5(7)3-6(8)9-4;1-3-6-4-2-5-1;2-1-3/h6-7H,2-5H2,1H3;2-3H,1H3;5H,1-4H2;. The van der Waals surface area contributed by atoms with E-state index in [2.05, 4.69) is 20.0 Å². The second-order valence-electron chi connectivity index (χ2n) is 6.81. The van der Waals surface area contributed by atoms with E-state index < -0.39 is 5.97 Å². The third-order valence-corrected chi connectivity index (χ3v) is 4.87. The number of carbonyl (C=O) groups is 1. The van der Waals surface area contributed by atoms with Gasteiger partial charge in [-0.2, -0.15) is 9.59 Å². The van der Waals surface area contributed by atoms with Crippen LogP contribution in [0.15, 0.2) is 24.3 Å². The molecule has 0 bridgehead atoms. The van der Waals surface area contributed by atoms with Gasteiger partial charge in [-0.25, -0.2) is 14.8 Å². The molecule has 2 aromatic rings. The number of halogens is 3. The number of ether oxygens (including phenoxy) is 3. The highest BCUT2D eigenvalue weighted by Crippen LogP contribution is 2.20. The number of aromatic nitrogens is 2. The minimum atomic E-state index is -0.484. The summed E-state index contributed by atoms with van der Waals surface area (Å²) in [7, 11) is 1.32. The Bertz CT molecular complexity index is 889. The molecule has 0 amide bonds. The summed E-state index contributed by atoms with van der Waals surface area (Å²) in [4.78, 5) is 37.8. The summed E-state index contributed by atoms with van der Waals surface area (Å²) in [6.07, 6.45) is 0.250. The second kappa shape index (κ2) is 18.0. The molecule has 13 heteroatoms. The van der Waals surface area contributed by atoms with Gasteiger partial charge in [-0.1, -0.05) is 34.8 Å². The van der Waals surface area contributed by atoms with E-state index in [0.29, 0.717) is 34.2 Å². The van der Waals surface area contributed by atoms with Crippen LogP contribution in [0.5, 0.6) is 0 Å². The minimum absolute atomic E-state index is 0.224. The van der Waals surface area contributed by atoms with Crippen molar-refractivity contribution in [1.29, 1.82) is 0 Å². The number of pyridine rings is 2.